The minimum Gasteiger partial charge on any atom is -0.492 e. The Morgan fingerprint density at radius 3 is 2.28 bits per heavy atom. The van der Waals surface area contributed by atoms with Gasteiger partial charge in [0.15, 0.2) is 41.8 Å². The lowest BCUT2D eigenvalue weighted by atomic mass is 9.75. The summed E-state index contributed by atoms with van der Waals surface area (Å²) >= 11 is 2.82. The van der Waals surface area contributed by atoms with Gasteiger partial charge in [-0.1, -0.05) is 70.0 Å². The summed E-state index contributed by atoms with van der Waals surface area (Å²) in [5, 5.41) is 63.0. The van der Waals surface area contributed by atoms with Gasteiger partial charge in [-0.25, -0.2) is 4.79 Å². The molecule has 6 aliphatic rings. The monoisotopic (exact) mass is 1400 g/mol. The zero-order chi connectivity index (χ0) is 63.6. The first-order chi connectivity index (χ1) is 42.2. The minimum absolute atomic E-state index is 0.0233. The number of aromatic nitrogens is 1. The van der Waals surface area contributed by atoms with Crippen LogP contribution >= 0.6 is 55.9 Å². The first-order valence-electron chi connectivity index (χ1n) is 28.3. The Labute approximate surface area is 536 Å². The number of Topliss-reactive ketones (excluding diaryl/α,β-unsaturated/α-hetero) is 1. The lowest BCUT2D eigenvalue weighted by Gasteiger charge is -2.46. The number of carbonyl (C=O) groups is 3. The summed E-state index contributed by atoms with van der Waals surface area (Å²) in [5.74, 6) is 11.3. The molecule has 2 aliphatic carbocycles. The third-order valence-corrected chi connectivity index (χ3v) is 20.4. The van der Waals surface area contributed by atoms with Crippen molar-refractivity contribution < 1.29 is 102 Å². The van der Waals surface area contributed by atoms with Crippen molar-refractivity contribution in [3.05, 3.63) is 74.3 Å². The predicted octanol–water partition coefficient (Wildman–Crippen LogP) is 3.37. The fourth-order valence-electron chi connectivity index (χ4n) is 10.9. The zero-order valence-electron chi connectivity index (χ0n) is 50.0. The number of hydrogen-bond donors (Lipinski definition) is 8. The molecular formula is C59H75IN4O21S3. The van der Waals surface area contributed by atoms with Gasteiger partial charge in [-0.2, -0.15) is 5.48 Å². The number of ether oxygens (including phenoxy) is 12. The molecule has 2 aromatic rings. The molecule has 19 atom stereocenters. The van der Waals surface area contributed by atoms with Crippen LogP contribution in [0.5, 0.6) is 17.2 Å². The van der Waals surface area contributed by atoms with E-state index in [1.807, 2.05) is 41.6 Å². The summed E-state index contributed by atoms with van der Waals surface area (Å²) in [6, 6.07) is 2.39. The number of ketones is 1. The maximum Gasteiger partial charge on any atom is 0.411 e. The maximum absolute atomic E-state index is 14.5. The van der Waals surface area contributed by atoms with Gasteiger partial charge >= 0.3 is 6.09 Å². The normalized spacial score (nSPS) is 34.8. The van der Waals surface area contributed by atoms with Crippen molar-refractivity contribution in [2.45, 2.75) is 174 Å². The van der Waals surface area contributed by atoms with Crippen LogP contribution in [0.4, 0.5) is 4.79 Å². The third kappa shape index (κ3) is 16.0. The number of alkyl carbamates (subject to hydrolysis) is 1. The van der Waals surface area contributed by atoms with Gasteiger partial charge in [0.05, 0.1) is 97.0 Å². The van der Waals surface area contributed by atoms with Gasteiger partial charge in [0.2, 0.25) is 17.2 Å². The van der Waals surface area contributed by atoms with E-state index in [-0.39, 0.29) is 77.0 Å². The Bertz CT molecular complexity index is 3010. The van der Waals surface area contributed by atoms with Crippen LogP contribution in [0.2, 0.25) is 0 Å². The smallest absolute Gasteiger partial charge is 0.411 e. The molecule has 25 nitrogen and oxygen atoms in total. The SMILES string of the molecule is CCN[C@H]1CO[C@@H](O[C@H]2[C@H](O[C@H]3C#C/C=C\C#C[C@]4(O)CC(=O)C(NC(=O)OC)=C3/C4=C\CSSc3ccncc3)O[C@H](C)[C@@H](NO[C@H]3C[C@H](O)[C@H](SC(=O)c4c(C)c(I)c(O[C@@H]5O[C@@H](C)[C@H](O)[C@@H](OC)[C@H]5O)c(OC)c4OC)[C@@H](C)O3)[C@@H]2O)C[C@@H]1OC. The molecule has 88 heavy (non-hydrogen) atoms. The number of amides is 1. The third-order valence-electron chi connectivity index (χ3n) is 15.5. The molecule has 0 radical (unpaired) electrons. The van der Waals surface area contributed by atoms with Crippen LogP contribution in [0.1, 0.15) is 62.9 Å². The van der Waals surface area contributed by atoms with Crippen LogP contribution < -0.4 is 30.3 Å². The molecule has 4 aliphatic heterocycles. The molecular weight excluding hydrogens is 1320 g/mol. The first kappa shape index (κ1) is 69.7. The average Bonchev–Trinajstić information content (AvgIpc) is 2.97. The highest BCUT2D eigenvalue weighted by molar-refractivity contribution is 14.1. The first-order valence-corrected chi connectivity index (χ1v) is 32.6. The molecule has 1 aromatic heterocycles. The molecule has 4 fully saturated rings. The van der Waals surface area contributed by atoms with Gasteiger partial charge in [0, 0.05) is 61.2 Å². The van der Waals surface area contributed by atoms with E-state index in [2.05, 4.69) is 44.8 Å². The average molecular weight is 1400 g/mol. The fourth-order valence-corrected chi connectivity index (χ4v) is 14.5. The standard InChI is InChI=1S/C59H75IN4O21S3/c1-11-62-34-27-78-39(25-38(34)73-6)83-52-47(68)44(29(3)80-57(52)82-37-16-14-12-13-15-20-59(72)26-36(66)45(63-58(71)77-10)42(37)33(59)19-23-86-88-32-17-21-61-22-18-32)64-85-40-24-35(65)54(31(5)79-40)87-55(70)41-28(2)43(60)50(53(76-9)49(41)74-7)84-56-48(69)51(75-8)46(67)30(4)81-56/h12-13,17-19,21-22,29-31,34-35,37-40,44,46-48,51-52,54,56-57,62,64-65,67-69,72H,11,23-27H2,1-10H3,(H,63,71)/b13-12-,33-19+/t29-,30+,31-,34+,35+,37+,38+,39+,40+,44-,46+,47+,48-,51-,52-,54-,56+,57+,59+/m1/s1. The second-order valence-corrected chi connectivity index (χ2v) is 25.7. The number of thioether (sulfide) groups is 1. The zero-order valence-corrected chi connectivity index (χ0v) is 54.6. The number of aliphatic hydroxyl groups excluding tert-OH is 4. The quantitative estimate of drug-likeness (QED) is 0.0275. The summed E-state index contributed by atoms with van der Waals surface area (Å²) in [5.41, 5.74) is 1.18. The number of rotatable bonds is 22. The molecule has 8 rings (SSSR count). The number of nitrogens with one attached hydrogen (secondary N) is 3. The number of methoxy groups -OCH3 is 5. The van der Waals surface area contributed by atoms with E-state index in [0.717, 1.165) is 23.8 Å². The summed E-state index contributed by atoms with van der Waals surface area (Å²) in [6.45, 7) is 9.39. The Hall–Kier alpha value is -4.14. The topological polar surface area (TPSA) is 321 Å². The molecule has 2 bridgehead atoms. The molecule has 29 heteroatoms. The number of nitrogens with zero attached hydrogens (tertiary/aromatic N) is 1. The van der Waals surface area contributed by atoms with E-state index in [1.54, 1.807) is 53.3 Å². The molecule has 4 saturated heterocycles. The van der Waals surface area contributed by atoms with Crippen LogP contribution in [0.15, 0.2) is 64.5 Å². The number of halogens is 1. The number of hydroxylamine groups is 1. The highest BCUT2D eigenvalue weighted by atomic mass is 127. The molecule has 0 unspecified atom stereocenters. The van der Waals surface area contributed by atoms with Crippen molar-refractivity contribution >= 4 is 72.9 Å². The van der Waals surface area contributed by atoms with Gasteiger partial charge in [0.25, 0.3) is 0 Å². The largest absolute Gasteiger partial charge is 0.492 e. The van der Waals surface area contributed by atoms with E-state index in [0.29, 0.717) is 15.7 Å². The summed E-state index contributed by atoms with van der Waals surface area (Å²) < 4.78 is 72.7. The van der Waals surface area contributed by atoms with Gasteiger partial charge in [-0.15, -0.1) is 0 Å². The summed E-state index contributed by atoms with van der Waals surface area (Å²) in [4.78, 5) is 52.8. The minimum atomic E-state index is -2.10. The molecule has 0 saturated carbocycles. The van der Waals surface area contributed by atoms with Gasteiger partial charge in [-0.05, 0) is 86.7 Å². The van der Waals surface area contributed by atoms with Crippen LogP contribution in [0.25, 0.3) is 0 Å². The van der Waals surface area contributed by atoms with Crippen LogP contribution in [-0.2, 0) is 52.3 Å². The lowest BCUT2D eigenvalue weighted by Crippen LogP contribution is -2.65. The Kier molecular flexibility index (Phi) is 25.3. The van der Waals surface area contributed by atoms with Crippen molar-refractivity contribution in [2.75, 3.05) is 54.5 Å². The van der Waals surface area contributed by atoms with Crippen molar-refractivity contribution in [1.29, 1.82) is 0 Å². The van der Waals surface area contributed by atoms with E-state index in [1.165, 1.54) is 55.1 Å². The molecule has 1 aromatic carbocycles. The Morgan fingerprint density at radius 2 is 1.60 bits per heavy atom. The number of pyridine rings is 1. The van der Waals surface area contributed by atoms with E-state index in [4.69, 9.17) is 61.7 Å². The number of hydrogen-bond acceptors (Lipinski definition) is 27. The Balaban J connectivity index is 1.03. The lowest BCUT2D eigenvalue weighted by molar-refractivity contribution is -0.336. The number of fused-ring (bicyclic) bond motifs is 2. The molecule has 0 spiro atoms. The molecule has 1 amide bonds. The highest BCUT2D eigenvalue weighted by Crippen LogP contribution is 2.49. The Morgan fingerprint density at radius 1 is 0.875 bits per heavy atom. The molecule has 5 heterocycles. The van der Waals surface area contributed by atoms with E-state index in [9.17, 15) is 39.9 Å². The van der Waals surface area contributed by atoms with Crippen LogP contribution in [-0.4, -0.2) is 217 Å². The second-order valence-electron chi connectivity index (χ2n) is 21.1. The van der Waals surface area contributed by atoms with Crippen LogP contribution in [0.3, 0.4) is 0 Å². The van der Waals surface area contributed by atoms with Crippen molar-refractivity contribution in [2.24, 2.45) is 0 Å². The highest BCUT2D eigenvalue weighted by Gasteiger charge is 2.52. The van der Waals surface area contributed by atoms with Crippen molar-refractivity contribution in [3.8, 4) is 40.9 Å². The number of carbonyl (C=O) groups excluding carboxylic acids is 3. The summed E-state index contributed by atoms with van der Waals surface area (Å²) in [7, 11) is 9.65. The molecule has 8 N–H and O–H groups in total. The summed E-state index contributed by atoms with van der Waals surface area (Å²) in [6.07, 6.45) is -10.7. The number of benzene rings is 1. The fraction of sp³-hybridized carbons (Fsp3) is 0.593. The van der Waals surface area contributed by atoms with Crippen molar-refractivity contribution in [3.63, 3.8) is 0 Å². The number of allylic oxidation sites excluding steroid dienone is 3. The maximum atomic E-state index is 14.5. The van der Waals surface area contributed by atoms with Crippen molar-refractivity contribution in [1.82, 2.24) is 21.1 Å². The van der Waals surface area contributed by atoms with Crippen LogP contribution in [0, 0.1) is 34.2 Å². The van der Waals surface area contributed by atoms with Gasteiger partial charge in [0.1, 0.15) is 36.6 Å². The number of likely N-dealkylation sites (N-methyl/N-ethyl adjacent to an activating group) is 1. The van der Waals surface area contributed by atoms with E-state index >= 15 is 0 Å². The molecule has 482 valence electrons. The van der Waals surface area contributed by atoms with Gasteiger partial charge < -0.3 is 87.7 Å². The van der Waals surface area contributed by atoms with E-state index < -0.39 is 127 Å². The predicted molar refractivity (Wildman–Crippen MR) is 329 cm³/mol. The van der Waals surface area contributed by atoms with Gasteiger partial charge in [-0.3, -0.25) is 24.7 Å². The second kappa shape index (κ2) is 31.9. The number of aliphatic hydroxyl groups is 5.